The van der Waals surface area contributed by atoms with Crippen molar-refractivity contribution in [2.75, 3.05) is 19.6 Å². The molecule has 1 aliphatic carbocycles. The van der Waals surface area contributed by atoms with E-state index < -0.39 is 0 Å². The van der Waals surface area contributed by atoms with E-state index in [4.69, 9.17) is 5.73 Å². The van der Waals surface area contributed by atoms with Crippen molar-refractivity contribution in [2.24, 2.45) is 17.1 Å². The molecule has 0 bridgehead atoms. The van der Waals surface area contributed by atoms with Crippen molar-refractivity contribution >= 4 is 0 Å². The second kappa shape index (κ2) is 6.02. The Kier molecular flexibility index (Phi) is 5.26. The molecule has 2 N–H and O–H groups in total. The Morgan fingerprint density at radius 2 is 1.94 bits per heavy atom. The average molecular weight is 226 g/mol. The lowest BCUT2D eigenvalue weighted by Crippen LogP contribution is -2.44. The maximum Gasteiger partial charge on any atom is 0.0223 e. The molecule has 1 unspecified atom stereocenters. The third kappa shape index (κ3) is 5.31. The molecule has 1 saturated carbocycles. The number of nitrogens with two attached hydrogens (primary N) is 1. The number of hydrogen-bond acceptors (Lipinski definition) is 2. The molecule has 0 radical (unpaired) electrons. The zero-order valence-electron chi connectivity index (χ0n) is 11.6. The van der Waals surface area contributed by atoms with Crippen LogP contribution in [0.5, 0.6) is 0 Å². The molecule has 0 amide bonds. The zero-order valence-corrected chi connectivity index (χ0v) is 11.6. The Bertz CT molecular complexity index is 191. The fraction of sp³-hybridized carbons (Fsp3) is 1.00. The first-order chi connectivity index (χ1) is 7.46. The summed E-state index contributed by atoms with van der Waals surface area (Å²) in [6.45, 7) is 12.5. The zero-order chi connectivity index (χ0) is 12.2. The van der Waals surface area contributed by atoms with Gasteiger partial charge in [-0.25, -0.2) is 0 Å². The molecule has 1 fully saturated rings. The third-order valence-corrected chi connectivity index (χ3v) is 3.34. The van der Waals surface area contributed by atoms with Gasteiger partial charge in [0.1, 0.15) is 0 Å². The van der Waals surface area contributed by atoms with Gasteiger partial charge in [0.15, 0.2) is 0 Å². The molecule has 0 aliphatic heterocycles. The minimum Gasteiger partial charge on any atom is -0.329 e. The molecule has 0 aromatic heterocycles. The summed E-state index contributed by atoms with van der Waals surface area (Å²) >= 11 is 0. The molecule has 1 atom stereocenters. The highest BCUT2D eigenvalue weighted by molar-refractivity contribution is 4.83. The monoisotopic (exact) mass is 226 g/mol. The van der Waals surface area contributed by atoms with Crippen LogP contribution in [0.3, 0.4) is 0 Å². The molecule has 96 valence electrons. The van der Waals surface area contributed by atoms with Gasteiger partial charge in [0.25, 0.3) is 0 Å². The Hall–Kier alpha value is -0.0800. The summed E-state index contributed by atoms with van der Waals surface area (Å²) in [5.74, 6) is 0.973. The molecular formula is C14H30N2. The van der Waals surface area contributed by atoms with Crippen LogP contribution < -0.4 is 5.73 Å². The van der Waals surface area contributed by atoms with E-state index >= 15 is 0 Å². The van der Waals surface area contributed by atoms with Gasteiger partial charge >= 0.3 is 0 Å². The Morgan fingerprint density at radius 3 is 2.31 bits per heavy atom. The van der Waals surface area contributed by atoms with Crippen molar-refractivity contribution in [1.82, 2.24) is 4.90 Å². The number of nitrogens with zero attached hydrogens (tertiary/aromatic N) is 1. The van der Waals surface area contributed by atoms with Gasteiger partial charge in [0.2, 0.25) is 0 Å². The second-order valence-electron chi connectivity index (χ2n) is 6.59. The van der Waals surface area contributed by atoms with E-state index in [2.05, 4.69) is 32.6 Å². The maximum absolute atomic E-state index is 5.97. The molecule has 0 aromatic carbocycles. The van der Waals surface area contributed by atoms with Gasteiger partial charge in [-0.1, -0.05) is 27.7 Å². The third-order valence-electron chi connectivity index (χ3n) is 3.34. The van der Waals surface area contributed by atoms with Crippen molar-refractivity contribution < 1.29 is 0 Å². The summed E-state index contributed by atoms with van der Waals surface area (Å²) in [6.07, 6.45) is 5.34. The average Bonchev–Trinajstić information content (AvgIpc) is 2.96. The van der Waals surface area contributed by atoms with Gasteiger partial charge in [0.05, 0.1) is 0 Å². The minimum absolute atomic E-state index is 0.388. The normalized spacial score (nSPS) is 19.1. The van der Waals surface area contributed by atoms with Gasteiger partial charge in [-0.05, 0) is 43.6 Å². The fourth-order valence-electron chi connectivity index (χ4n) is 2.41. The largest absolute Gasteiger partial charge is 0.329 e. The first kappa shape index (κ1) is 14.0. The first-order valence-corrected chi connectivity index (χ1v) is 6.90. The van der Waals surface area contributed by atoms with Gasteiger partial charge in [-0.15, -0.1) is 0 Å². The molecule has 0 heterocycles. The molecule has 2 heteroatoms. The van der Waals surface area contributed by atoms with Crippen molar-refractivity contribution in [1.29, 1.82) is 0 Å². The van der Waals surface area contributed by atoms with Crippen molar-refractivity contribution in [3.05, 3.63) is 0 Å². The molecule has 2 nitrogen and oxygen atoms in total. The summed E-state index contributed by atoms with van der Waals surface area (Å²) in [6, 6.07) is 0.584. The summed E-state index contributed by atoms with van der Waals surface area (Å²) in [7, 11) is 0. The Morgan fingerprint density at radius 1 is 1.31 bits per heavy atom. The van der Waals surface area contributed by atoms with Gasteiger partial charge < -0.3 is 5.73 Å². The quantitative estimate of drug-likeness (QED) is 0.723. The van der Waals surface area contributed by atoms with Crippen LogP contribution in [0.1, 0.15) is 53.4 Å². The Balaban J connectivity index is 2.49. The highest BCUT2D eigenvalue weighted by Gasteiger charge is 2.29. The van der Waals surface area contributed by atoms with Gasteiger partial charge in [0, 0.05) is 19.1 Å². The molecule has 0 aromatic rings. The molecule has 1 aliphatic rings. The van der Waals surface area contributed by atoms with Gasteiger partial charge in [-0.3, -0.25) is 4.90 Å². The van der Waals surface area contributed by atoms with E-state index in [0.29, 0.717) is 11.5 Å². The first-order valence-electron chi connectivity index (χ1n) is 6.90. The maximum atomic E-state index is 5.97. The smallest absolute Gasteiger partial charge is 0.0223 e. The predicted molar refractivity (Wildman–Crippen MR) is 71.5 cm³/mol. The molecule has 16 heavy (non-hydrogen) atoms. The Labute approximate surface area is 102 Å². The number of hydrogen-bond donors (Lipinski definition) is 1. The van der Waals surface area contributed by atoms with Crippen LogP contribution in [0.25, 0.3) is 0 Å². The molecular weight excluding hydrogens is 196 g/mol. The summed E-state index contributed by atoms with van der Waals surface area (Å²) in [5.41, 5.74) is 6.35. The second-order valence-corrected chi connectivity index (χ2v) is 6.59. The van der Waals surface area contributed by atoms with Crippen LogP contribution in [-0.4, -0.2) is 30.6 Å². The van der Waals surface area contributed by atoms with Crippen LogP contribution >= 0.6 is 0 Å². The van der Waals surface area contributed by atoms with E-state index in [0.717, 1.165) is 12.5 Å². The van der Waals surface area contributed by atoms with E-state index in [1.807, 2.05) is 0 Å². The predicted octanol–water partition coefficient (Wildman–Crippen LogP) is 2.87. The molecule has 0 spiro atoms. The van der Waals surface area contributed by atoms with E-state index in [1.54, 1.807) is 0 Å². The van der Waals surface area contributed by atoms with E-state index in [9.17, 15) is 0 Å². The van der Waals surface area contributed by atoms with Gasteiger partial charge in [-0.2, -0.15) is 0 Å². The number of rotatable bonds is 7. The van der Waals surface area contributed by atoms with E-state index in [1.165, 1.54) is 38.8 Å². The highest BCUT2D eigenvalue weighted by atomic mass is 15.2. The van der Waals surface area contributed by atoms with Crippen LogP contribution in [0.2, 0.25) is 0 Å². The van der Waals surface area contributed by atoms with Crippen molar-refractivity contribution in [2.45, 2.75) is 59.4 Å². The topological polar surface area (TPSA) is 29.3 Å². The lowest BCUT2D eigenvalue weighted by atomic mass is 9.87. The molecule has 1 rings (SSSR count). The van der Waals surface area contributed by atoms with Crippen LogP contribution in [0.4, 0.5) is 0 Å². The fourth-order valence-corrected chi connectivity index (χ4v) is 2.41. The standard InChI is InChI=1S/C14H30N2/c1-5-8-16(11-12-6-7-12)13(10-15)9-14(2,3)4/h12-13H,5-11,15H2,1-4H3. The summed E-state index contributed by atoms with van der Waals surface area (Å²) in [4.78, 5) is 2.64. The highest BCUT2D eigenvalue weighted by Crippen LogP contribution is 2.32. The van der Waals surface area contributed by atoms with E-state index in [-0.39, 0.29) is 0 Å². The van der Waals surface area contributed by atoms with Crippen molar-refractivity contribution in [3.63, 3.8) is 0 Å². The van der Waals surface area contributed by atoms with Crippen molar-refractivity contribution in [3.8, 4) is 0 Å². The summed E-state index contributed by atoms with van der Waals surface area (Å²) in [5, 5.41) is 0. The molecule has 0 saturated heterocycles. The summed E-state index contributed by atoms with van der Waals surface area (Å²) < 4.78 is 0. The van der Waals surface area contributed by atoms with Crippen LogP contribution in [-0.2, 0) is 0 Å². The minimum atomic E-state index is 0.388. The SMILES string of the molecule is CCCN(CC1CC1)C(CN)CC(C)(C)C. The lowest BCUT2D eigenvalue weighted by Gasteiger charge is -2.35. The van der Waals surface area contributed by atoms with Crippen LogP contribution in [0, 0.1) is 11.3 Å². The van der Waals surface area contributed by atoms with Crippen LogP contribution in [0.15, 0.2) is 0 Å². The lowest BCUT2D eigenvalue weighted by molar-refractivity contribution is 0.146.